The van der Waals surface area contributed by atoms with E-state index >= 15 is 0 Å². The van der Waals surface area contributed by atoms with Crippen LogP contribution in [-0.4, -0.2) is 44.7 Å². The molecule has 0 aliphatic carbocycles. The first-order valence-corrected chi connectivity index (χ1v) is 9.63. The Labute approximate surface area is 180 Å². The quantitative estimate of drug-likeness (QED) is 0.340. The smallest absolute Gasteiger partial charge is 0.223 e. The van der Waals surface area contributed by atoms with Crippen LogP contribution in [0.4, 0.5) is 14.5 Å². The van der Waals surface area contributed by atoms with Crippen molar-refractivity contribution in [2.75, 3.05) is 18.5 Å². The third kappa shape index (κ3) is 4.29. The molecule has 7 nitrogen and oxygen atoms in total. The Hall–Kier alpha value is -3.27. The number of nitrogens with one attached hydrogen (secondary N) is 2. The second-order valence-corrected chi connectivity index (χ2v) is 7.08. The van der Waals surface area contributed by atoms with Crippen molar-refractivity contribution in [2.45, 2.75) is 6.04 Å². The van der Waals surface area contributed by atoms with Crippen LogP contribution in [0, 0.1) is 11.6 Å². The van der Waals surface area contributed by atoms with Gasteiger partial charge in [-0.25, -0.2) is 8.78 Å². The van der Waals surface area contributed by atoms with Crippen LogP contribution >= 0.6 is 11.6 Å². The maximum atomic E-state index is 14.0. The first kappa shape index (κ1) is 21.0. The number of aromatic nitrogens is 3. The summed E-state index contributed by atoms with van der Waals surface area (Å²) in [4.78, 5) is 4.30. The number of aromatic amines is 1. The number of pyridine rings is 1. The molecular weight excluding hydrogens is 430 g/mol. The molecule has 4 rings (SSSR count). The van der Waals surface area contributed by atoms with E-state index < -0.39 is 17.7 Å². The zero-order chi connectivity index (χ0) is 22.0. The Balaban J connectivity index is 1.84. The van der Waals surface area contributed by atoms with Crippen molar-refractivity contribution in [1.82, 2.24) is 15.2 Å². The molecule has 2 aromatic heterocycles. The highest BCUT2D eigenvalue weighted by molar-refractivity contribution is 6.33. The van der Waals surface area contributed by atoms with Gasteiger partial charge < -0.3 is 20.3 Å². The maximum absolute atomic E-state index is 14.0. The summed E-state index contributed by atoms with van der Waals surface area (Å²) in [5, 5.41) is 30.1. The number of H-pyrrole nitrogens is 1. The highest BCUT2D eigenvalue weighted by Crippen LogP contribution is 2.37. The Kier molecular flexibility index (Phi) is 5.99. The Morgan fingerprint density at radius 1 is 1.10 bits per heavy atom. The van der Waals surface area contributed by atoms with E-state index in [-0.39, 0.29) is 30.5 Å². The molecule has 10 heteroatoms. The van der Waals surface area contributed by atoms with Gasteiger partial charge in [0.1, 0.15) is 5.82 Å². The van der Waals surface area contributed by atoms with Crippen LogP contribution in [0.3, 0.4) is 0 Å². The van der Waals surface area contributed by atoms with Crippen molar-refractivity contribution in [1.29, 1.82) is 0 Å². The van der Waals surface area contributed by atoms with E-state index in [0.29, 0.717) is 33.4 Å². The number of rotatable bonds is 7. The fourth-order valence-corrected chi connectivity index (χ4v) is 3.30. The van der Waals surface area contributed by atoms with Gasteiger partial charge in [-0.3, -0.25) is 5.10 Å². The first-order chi connectivity index (χ1) is 15.0. The van der Waals surface area contributed by atoms with Gasteiger partial charge in [0.2, 0.25) is 5.88 Å². The fourth-order valence-electron chi connectivity index (χ4n) is 3.07. The van der Waals surface area contributed by atoms with Crippen LogP contribution in [0.25, 0.3) is 22.3 Å². The van der Waals surface area contributed by atoms with Crippen molar-refractivity contribution in [3.8, 4) is 22.9 Å². The molecule has 0 saturated heterocycles. The molecule has 0 radical (unpaired) electrons. The minimum atomic E-state index is -0.890. The molecule has 0 aliphatic rings. The molecule has 4 aromatic rings. The van der Waals surface area contributed by atoms with Gasteiger partial charge in [0, 0.05) is 22.7 Å². The van der Waals surface area contributed by atoms with Gasteiger partial charge >= 0.3 is 0 Å². The molecule has 31 heavy (non-hydrogen) atoms. The second-order valence-electron chi connectivity index (χ2n) is 6.67. The summed E-state index contributed by atoms with van der Waals surface area (Å²) >= 11 is 6.33. The van der Waals surface area contributed by atoms with Crippen molar-refractivity contribution < 1.29 is 23.7 Å². The molecule has 0 amide bonds. The van der Waals surface area contributed by atoms with Gasteiger partial charge in [-0.15, -0.1) is 0 Å². The van der Waals surface area contributed by atoms with Gasteiger partial charge in [-0.05, 0) is 18.2 Å². The number of hydrogen-bond donors (Lipinski definition) is 4. The van der Waals surface area contributed by atoms with Gasteiger partial charge in [0.05, 0.1) is 36.0 Å². The monoisotopic (exact) mass is 446 g/mol. The summed E-state index contributed by atoms with van der Waals surface area (Å²) in [5.74, 6) is -1.87. The van der Waals surface area contributed by atoms with E-state index in [1.807, 2.05) is 6.07 Å². The van der Waals surface area contributed by atoms with Gasteiger partial charge in [0.25, 0.3) is 0 Å². The van der Waals surface area contributed by atoms with Crippen molar-refractivity contribution in [3.05, 3.63) is 65.2 Å². The number of aliphatic hydroxyl groups is 2. The van der Waals surface area contributed by atoms with Crippen LogP contribution in [0.5, 0.6) is 11.6 Å². The van der Waals surface area contributed by atoms with Crippen molar-refractivity contribution in [2.24, 2.45) is 0 Å². The number of benzene rings is 2. The molecule has 0 saturated carbocycles. The summed E-state index contributed by atoms with van der Waals surface area (Å²) in [5.41, 5.74) is 1.87. The number of anilines is 1. The molecule has 0 spiro atoms. The SMILES string of the molecule is OCC(CO)Nc1cc(Oc2ccc(F)cc2F)nc2n[nH]c(-c3ccccc3Cl)c12. The Bertz CT molecular complexity index is 1230. The number of halogens is 3. The zero-order valence-electron chi connectivity index (χ0n) is 15.9. The lowest BCUT2D eigenvalue weighted by molar-refractivity contribution is 0.204. The lowest BCUT2D eigenvalue weighted by atomic mass is 10.1. The summed E-state index contributed by atoms with van der Waals surface area (Å²) < 4.78 is 32.7. The average molecular weight is 447 g/mol. The molecule has 4 N–H and O–H groups in total. The van der Waals surface area contributed by atoms with Crippen molar-refractivity contribution in [3.63, 3.8) is 0 Å². The molecule has 160 valence electrons. The van der Waals surface area contributed by atoms with Crippen molar-refractivity contribution >= 4 is 28.3 Å². The molecule has 0 unspecified atom stereocenters. The van der Waals surface area contributed by atoms with E-state index in [1.54, 1.807) is 18.2 Å². The van der Waals surface area contributed by atoms with E-state index in [1.165, 1.54) is 6.07 Å². The number of ether oxygens (including phenoxy) is 1. The summed E-state index contributed by atoms with van der Waals surface area (Å²) in [6, 6.07) is 10.8. The van der Waals surface area contributed by atoms with E-state index in [4.69, 9.17) is 16.3 Å². The summed E-state index contributed by atoms with van der Waals surface area (Å²) in [6.45, 7) is -0.690. The van der Waals surface area contributed by atoms with Crippen LogP contribution in [0.2, 0.25) is 5.02 Å². The zero-order valence-corrected chi connectivity index (χ0v) is 16.7. The van der Waals surface area contributed by atoms with Gasteiger partial charge in [-0.1, -0.05) is 29.8 Å². The Morgan fingerprint density at radius 3 is 2.58 bits per heavy atom. The Morgan fingerprint density at radius 2 is 1.87 bits per heavy atom. The minimum absolute atomic E-state index is 0.0210. The number of hydrogen-bond acceptors (Lipinski definition) is 6. The lowest BCUT2D eigenvalue weighted by Gasteiger charge is -2.17. The lowest BCUT2D eigenvalue weighted by Crippen LogP contribution is -2.27. The van der Waals surface area contributed by atoms with E-state index in [9.17, 15) is 19.0 Å². The normalized spacial score (nSPS) is 11.3. The largest absolute Gasteiger partial charge is 0.436 e. The standard InChI is InChI=1S/C21H17ClF2N4O3/c22-14-4-2-1-3-13(14)20-19-16(25-12(9-29)10-30)8-18(26-21(19)28-27-20)31-17-6-5-11(23)7-15(17)24/h1-8,12,29-30H,9-10H2,(H2,25,26,27,28). The van der Waals surface area contributed by atoms with Crippen LogP contribution in [0.15, 0.2) is 48.5 Å². The number of aliphatic hydroxyl groups excluding tert-OH is 2. The third-order valence-corrected chi connectivity index (χ3v) is 4.88. The first-order valence-electron chi connectivity index (χ1n) is 9.25. The average Bonchev–Trinajstić information content (AvgIpc) is 3.18. The second kappa shape index (κ2) is 8.84. The summed E-state index contributed by atoms with van der Waals surface area (Å²) in [6.07, 6.45) is 0. The van der Waals surface area contributed by atoms with Gasteiger partial charge in [0.15, 0.2) is 17.2 Å². The molecule has 0 aliphatic heterocycles. The topological polar surface area (TPSA) is 103 Å². The highest BCUT2D eigenvalue weighted by Gasteiger charge is 2.20. The predicted octanol–water partition coefficient (Wildman–Crippen LogP) is 4.11. The maximum Gasteiger partial charge on any atom is 0.223 e. The predicted molar refractivity (Wildman–Crippen MR) is 112 cm³/mol. The fraction of sp³-hybridized carbons (Fsp3) is 0.143. The summed E-state index contributed by atoms with van der Waals surface area (Å²) in [7, 11) is 0. The van der Waals surface area contributed by atoms with Crippen LogP contribution in [0.1, 0.15) is 0 Å². The van der Waals surface area contributed by atoms with Crippen LogP contribution in [-0.2, 0) is 0 Å². The number of nitrogens with zero attached hydrogens (tertiary/aromatic N) is 2. The van der Waals surface area contributed by atoms with Crippen LogP contribution < -0.4 is 10.1 Å². The highest BCUT2D eigenvalue weighted by atomic mass is 35.5. The van der Waals surface area contributed by atoms with E-state index in [0.717, 1.165) is 12.1 Å². The minimum Gasteiger partial charge on any atom is -0.436 e. The molecule has 2 aromatic carbocycles. The molecule has 0 bridgehead atoms. The van der Waals surface area contributed by atoms with Gasteiger partial charge in [-0.2, -0.15) is 10.1 Å². The van der Waals surface area contributed by atoms with E-state index in [2.05, 4.69) is 20.5 Å². The molecule has 0 fully saturated rings. The molecule has 0 atom stereocenters. The molecular formula is C21H17ClF2N4O3. The molecule has 2 heterocycles. The third-order valence-electron chi connectivity index (χ3n) is 4.55. The number of fused-ring (bicyclic) bond motifs is 1.